The third-order valence-electron chi connectivity index (χ3n) is 12.7. The maximum Gasteiger partial charge on any atom is 0.262 e. The summed E-state index contributed by atoms with van der Waals surface area (Å²) in [5.74, 6) is 0.331. The number of likely N-dealkylation sites (tertiary alicyclic amines) is 2. The van der Waals surface area contributed by atoms with E-state index in [1.54, 1.807) is 17.4 Å². The molecule has 9 rings (SSSR count). The van der Waals surface area contributed by atoms with Crippen LogP contribution >= 0.6 is 22.9 Å². The number of fused-ring (bicyclic) bond motifs is 4. The maximum absolute atomic E-state index is 14.0. The smallest absolute Gasteiger partial charge is 0.262 e. The van der Waals surface area contributed by atoms with Gasteiger partial charge in [0.05, 0.1) is 23.3 Å². The summed E-state index contributed by atoms with van der Waals surface area (Å²) in [6, 6.07) is 11.7. The van der Waals surface area contributed by atoms with E-state index in [2.05, 4.69) is 38.8 Å². The van der Waals surface area contributed by atoms with Crippen molar-refractivity contribution in [2.24, 2.45) is 10.9 Å². The van der Waals surface area contributed by atoms with Gasteiger partial charge in [0, 0.05) is 47.1 Å². The molecule has 1 unspecified atom stereocenters. The highest BCUT2D eigenvalue weighted by Gasteiger charge is 2.45. The monoisotopic (exact) mass is 820 g/mol. The van der Waals surface area contributed by atoms with Gasteiger partial charge in [-0.3, -0.25) is 43.7 Å². The molecule has 0 aliphatic carbocycles. The Bertz CT molecular complexity index is 2390. The second-order valence-corrected chi connectivity index (χ2v) is 17.9. The highest BCUT2D eigenvalue weighted by molar-refractivity contribution is 7.15. The van der Waals surface area contributed by atoms with Gasteiger partial charge >= 0.3 is 0 Å². The number of aryl methyl sites for hydroxylation is 2. The van der Waals surface area contributed by atoms with E-state index in [1.807, 2.05) is 48.2 Å². The van der Waals surface area contributed by atoms with Crippen LogP contribution in [-0.2, 0) is 14.4 Å². The number of nitrogens with one attached hydrogen (secondary N) is 1. The summed E-state index contributed by atoms with van der Waals surface area (Å²) in [4.78, 5) is 76.7. The van der Waals surface area contributed by atoms with Crippen LogP contribution in [0, 0.1) is 26.7 Å². The van der Waals surface area contributed by atoms with Crippen LogP contribution in [0.4, 0.5) is 0 Å². The first-order valence-electron chi connectivity index (χ1n) is 20.2. The number of hydrogen-bond acceptors (Lipinski definition) is 10. The maximum atomic E-state index is 14.0. The van der Waals surface area contributed by atoms with Crippen molar-refractivity contribution in [1.29, 1.82) is 0 Å². The van der Waals surface area contributed by atoms with Crippen molar-refractivity contribution < 1.29 is 24.0 Å². The third-order valence-corrected chi connectivity index (χ3v) is 14.2. The molecule has 300 valence electrons. The number of nitrogens with zero attached hydrogens (tertiary/aromatic N) is 7. The molecule has 13 nitrogen and oxygen atoms in total. The molecule has 5 amide bonds. The molecule has 2 atom stereocenters. The van der Waals surface area contributed by atoms with Gasteiger partial charge in [-0.1, -0.05) is 29.8 Å². The zero-order chi connectivity index (χ0) is 40.4. The van der Waals surface area contributed by atoms with Crippen molar-refractivity contribution >= 4 is 58.2 Å². The van der Waals surface area contributed by atoms with Crippen molar-refractivity contribution in [1.82, 2.24) is 34.8 Å². The molecular weight excluding hydrogens is 776 g/mol. The van der Waals surface area contributed by atoms with E-state index in [9.17, 15) is 24.0 Å². The summed E-state index contributed by atoms with van der Waals surface area (Å²) in [6.07, 6.45) is 4.18. The van der Waals surface area contributed by atoms with E-state index >= 15 is 0 Å². The minimum Gasteiger partial charge on any atom is -0.343 e. The Kier molecular flexibility index (Phi) is 10.1. The molecule has 0 radical (unpaired) electrons. The number of carbonyl (C=O) groups is 5. The normalized spacial score (nSPS) is 21.8. The summed E-state index contributed by atoms with van der Waals surface area (Å²) in [5, 5.41) is 13.0. The number of aliphatic imine (C=N–C) groups is 1. The quantitative estimate of drug-likeness (QED) is 0.233. The Balaban J connectivity index is 0.812. The molecule has 15 heteroatoms. The van der Waals surface area contributed by atoms with Gasteiger partial charge in [-0.05, 0) is 113 Å². The zero-order valence-electron chi connectivity index (χ0n) is 32.8. The number of thiophene rings is 1. The number of hydrogen-bond donors (Lipinski definition) is 1. The predicted molar refractivity (Wildman–Crippen MR) is 219 cm³/mol. The highest BCUT2D eigenvalue weighted by atomic mass is 35.5. The van der Waals surface area contributed by atoms with Gasteiger partial charge in [-0.2, -0.15) is 0 Å². The van der Waals surface area contributed by atoms with Crippen LogP contribution in [0.5, 0.6) is 0 Å². The number of aromatic nitrogens is 3. The minimum atomic E-state index is -0.970. The average Bonchev–Trinajstić information content (AvgIpc) is 3.79. The van der Waals surface area contributed by atoms with Crippen LogP contribution < -0.4 is 5.32 Å². The van der Waals surface area contributed by atoms with Gasteiger partial charge < -0.3 is 9.80 Å². The van der Waals surface area contributed by atoms with E-state index in [0.29, 0.717) is 41.0 Å². The van der Waals surface area contributed by atoms with Gasteiger partial charge in [0.2, 0.25) is 17.7 Å². The summed E-state index contributed by atoms with van der Waals surface area (Å²) >= 11 is 7.97. The topological polar surface area (TPSA) is 150 Å². The van der Waals surface area contributed by atoms with E-state index in [-0.39, 0.29) is 37.0 Å². The Morgan fingerprint density at radius 1 is 0.879 bits per heavy atom. The number of piperidine rings is 3. The lowest BCUT2D eigenvalue weighted by atomic mass is 9.87. The second kappa shape index (κ2) is 15.3. The second-order valence-electron chi connectivity index (χ2n) is 16.3. The van der Waals surface area contributed by atoms with Crippen molar-refractivity contribution in [2.45, 2.75) is 83.7 Å². The van der Waals surface area contributed by atoms with Crippen LogP contribution in [0.3, 0.4) is 0 Å². The molecule has 3 saturated heterocycles. The third kappa shape index (κ3) is 6.88. The fraction of sp³-hybridized carbons (Fsp3) is 0.442. The number of imide groups is 2. The molecule has 58 heavy (non-hydrogen) atoms. The Morgan fingerprint density at radius 3 is 2.33 bits per heavy atom. The molecule has 0 spiro atoms. The van der Waals surface area contributed by atoms with Gasteiger partial charge in [0.1, 0.15) is 22.9 Å². The van der Waals surface area contributed by atoms with E-state index in [1.165, 1.54) is 4.88 Å². The van der Waals surface area contributed by atoms with E-state index in [4.69, 9.17) is 16.6 Å². The standard InChI is InChI=1S/C43H45ClN8O5S/c1-23-24(2)58-43-37(23)38(28-4-7-30(44)8-5-28)45-33(39-48-47-25(3)51(39)43)21-36(54)50-18-12-26(13-19-50)22-49-16-14-27(15-17-49)29-6-9-31-32(20-29)42(57)52(41(31)56)34-10-11-35(53)46-40(34)55/h4-9,20,26-27,33-34H,10-19,21-22H2,1-3H3,(H,46,53,55)/t33-,34?/m0/s1. The molecular formula is C43H45ClN8O5S. The van der Waals surface area contributed by atoms with Crippen molar-refractivity contribution in [3.63, 3.8) is 0 Å². The van der Waals surface area contributed by atoms with Crippen molar-refractivity contribution in [2.75, 3.05) is 32.7 Å². The lowest BCUT2D eigenvalue weighted by molar-refractivity contribution is -0.136. The van der Waals surface area contributed by atoms with Crippen LogP contribution in [0.2, 0.25) is 5.02 Å². The molecule has 2 aromatic heterocycles. The van der Waals surface area contributed by atoms with E-state index in [0.717, 1.165) is 89.0 Å². The number of rotatable bonds is 7. The Labute approximate surface area is 345 Å². The first-order chi connectivity index (χ1) is 27.9. The molecule has 5 aliphatic rings. The van der Waals surface area contributed by atoms with Gasteiger partial charge in [-0.15, -0.1) is 21.5 Å². The number of carbonyl (C=O) groups excluding carboxylic acids is 5. The zero-order valence-corrected chi connectivity index (χ0v) is 34.4. The lowest BCUT2D eigenvalue weighted by Crippen LogP contribution is -2.54. The molecule has 7 heterocycles. The molecule has 5 aliphatic heterocycles. The van der Waals surface area contributed by atoms with Crippen LogP contribution in [0.25, 0.3) is 5.00 Å². The molecule has 0 bridgehead atoms. The largest absolute Gasteiger partial charge is 0.343 e. The summed E-state index contributed by atoms with van der Waals surface area (Å²) in [7, 11) is 0. The fourth-order valence-electron chi connectivity index (χ4n) is 9.35. The number of benzene rings is 2. The summed E-state index contributed by atoms with van der Waals surface area (Å²) in [6.45, 7) is 10.4. The van der Waals surface area contributed by atoms with E-state index < -0.39 is 29.8 Å². The summed E-state index contributed by atoms with van der Waals surface area (Å²) < 4.78 is 2.09. The summed E-state index contributed by atoms with van der Waals surface area (Å²) in [5.41, 5.74) is 5.67. The number of halogens is 1. The first kappa shape index (κ1) is 38.5. The lowest BCUT2D eigenvalue weighted by Gasteiger charge is -2.38. The number of amides is 5. The minimum absolute atomic E-state index is 0.0728. The van der Waals surface area contributed by atoms with Crippen molar-refractivity contribution in [3.8, 4) is 5.00 Å². The molecule has 2 aromatic carbocycles. The first-order valence-corrected chi connectivity index (χ1v) is 21.4. The highest BCUT2D eigenvalue weighted by Crippen LogP contribution is 2.40. The average molecular weight is 821 g/mol. The van der Waals surface area contributed by atoms with Crippen LogP contribution in [0.15, 0.2) is 47.5 Å². The molecule has 0 saturated carbocycles. The van der Waals surface area contributed by atoms with Crippen molar-refractivity contribution in [3.05, 3.63) is 97.4 Å². The Morgan fingerprint density at radius 2 is 1.60 bits per heavy atom. The van der Waals surface area contributed by atoms with Crippen LogP contribution in [0.1, 0.15) is 116 Å². The SMILES string of the molecule is Cc1sc2c(c1C)C(c1ccc(Cl)cc1)=N[C@@H](CC(=O)N1CCC(CN3CCC(c4ccc5c(c4)C(=O)N(C4CCC(=O)NC4=O)C5=O)CC3)CC1)c1nnc(C)n1-2. The molecule has 1 N–H and O–H groups in total. The van der Waals surface area contributed by atoms with Gasteiger partial charge in [0.15, 0.2) is 5.82 Å². The van der Waals surface area contributed by atoms with Gasteiger partial charge in [-0.25, -0.2) is 0 Å². The van der Waals surface area contributed by atoms with Gasteiger partial charge in [0.25, 0.3) is 11.8 Å². The molecule has 3 fully saturated rings. The predicted octanol–water partition coefficient (Wildman–Crippen LogP) is 5.71. The molecule has 4 aromatic rings. The fourth-order valence-corrected chi connectivity index (χ4v) is 10.7. The van der Waals surface area contributed by atoms with Crippen LogP contribution in [-0.4, -0.2) is 103 Å². The Hall–Kier alpha value is -5.05.